The molecule has 142 valence electrons. The van der Waals surface area contributed by atoms with Crippen LogP contribution < -0.4 is 4.72 Å². The number of rotatable bonds is 6. The van der Waals surface area contributed by atoms with Gasteiger partial charge in [-0.3, -0.25) is 4.79 Å². The van der Waals surface area contributed by atoms with E-state index in [2.05, 4.69) is 16.9 Å². The summed E-state index contributed by atoms with van der Waals surface area (Å²) >= 11 is 0. The Morgan fingerprint density at radius 2 is 1.70 bits per heavy atom. The van der Waals surface area contributed by atoms with Gasteiger partial charge in [-0.05, 0) is 61.9 Å². The number of hydrogen-bond donors (Lipinski definition) is 1. The standard InChI is InChI=1S/C21H24N2O3S/c24-21(23-14-4-7-19(23)15-16-5-2-1-3-6-16)17-8-12-20(13-9-17)27(25,26)22-18-10-11-18/h1-3,5-6,8-9,12-13,18-19,22H,4,7,10-11,14-15H2. The van der Waals surface area contributed by atoms with Crippen LogP contribution in [0.5, 0.6) is 0 Å². The molecule has 27 heavy (non-hydrogen) atoms. The zero-order valence-corrected chi connectivity index (χ0v) is 16.0. The summed E-state index contributed by atoms with van der Waals surface area (Å²) in [5.41, 5.74) is 1.77. The summed E-state index contributed by atoms with van der Waals surface area (Å²) in [6.45, 7) is 0.750. The van der Waals surface area contributed by atoms with Crippen molar-refractivity contribution in [2.24, 2.45) is 0 Å². The molecule has 1 saturated carbocycles. The van der Waals surface area contributed by atoms with Crippen LogP contribution in [-0.4, -0.2) is 37.9 Å². The first-order valence-corrected chi connectivity index (χ1v) is 11.0. The van der Waals surface area contributed by atoms with Crippen molar-refractivity contribution < 1.29 is 13.2 Å². The summed E-state index contributed by atoms with van der Waals surface area (Å²) in [5.74, 6) is -0.0208. The summed E-state index contributed by atoms with van der Waals surface area (Å²) in [7, 11) is -3.48. The lowest BCUT2D eigenvalue weighted by atomic mass is 10.0. The largest absolute Gasteiger partial charge is 0.335 e. The van der Waals surface area contributed by atoms with Gasteiger partial charge in [-0.2, -0.15) is 0 Å². The minimum atomic E-state index is -3.48. The number of sulfonamides is 1. The molecule has 1 aliphatic carbocycles. The number of carbonyl (C=O) groups excluding carboxylic acids is 1. The van der Waals surface area contributed by atoms with E-state index >= 15 is 0 Å². The molecule has 1 amide bonds. The van der Waals surface area contributed by atoms with Crippen LogP contribution in [0.15, 0.2) is 59.5 Å². The fourth-order valence-corrected chi connectivity index (χ4v) is 4.94. The van der Waals surface area contributed by atoms with Crippen LogP contribution in [0.1, 0.15) is 41.6 Å². The summed E-state index contributed by atoms with van der Waals surface area (Å²) in [4.78, 5) is 15.1. The Hall–Kier alpha value is -2.18. The van der Waals surface area contributed by atoms with E-state index in [1.165, 1.54) is 17.7 Å². The van der Waals surface area contributed by atoms with Gasteiger partial charge in [-0.15, -0.1) is 0 Å². The van der Waals surface area contributed by atoms with E-state index in [0.29, 0.717) is 5.56 Å². The van der Waals surface area contributed by atoms with Crippen LogP contribution in [0.3, 0.4) is 0 Å². The van der Waals surface area contributed by atoms with Gasteiger partial charge in [0.15, 0.2) is 0 Å². The maximum atomic E-state index is 13.0. The second kappa shape index (κ2) is 7.44. The lowest BCUT2D eigenvalue weighted by Gasteiger charge is -2.25. The van der Waals surface area contributed by atoms with Gasteiger partial charge >= 0.3 is 0 Å². The third-order valence-electron chi connectivity index (χ3n) is 5.26. The van der Waals surface area contributed by atoms with Gasteiger partial charge in [0, 0.05) is 24.2 Å². The maximum absolute atomic E-state index is 13.0. The topological polar surface area (TPSA) is 66.5 Å². The number of amides is 1. The second-order valence-corrected chi connectivity index (χ2v) is 9.12. The Balaban J connectivity index is 1.46. The molecule has 2 aromatic carbocycles. The van der Waals surface area contributed by atoms with E-state index in [9.17, 15) is 13.2 Å². The Morgan fingerprint density at radius 3 is 2.37 bits per heavy atom. The molecule has 6 heteroatoms. The van der Waals surface area contributed by atoms with Crippen LogP contribution in [0.2, 0.25) is 0 Å². The molecule has 1 unspecified atom stereocenters. The van der Waals surface area contributed by atoms with Crippen LogP contribution in [0.4, 0.5) is 0 Å². The molecule has 1 heterocycles. The van der Waals surface area contributed by atoms with Crippen LogP contribution >= 0.6 is 0 Å². The predicted molar refractivity (Wildman–Crippen MR) is 104 cm³/mol. The zero-order chi connectivity index (χ0) is 18.9. The lowest BCUT2D eigenvalue weighted by molar-refractivity contribution is 0.0736. The first-order chi connectivity index (χ1) is 13.0. The Kier molecular flexibility index (Phi) is 5.02. The molecular weight excluding hydrogens is 360 g/mol. The molecule has 0 radical (unpaired) electrons. The average molecular weight is 385 g/mol. The molecule has 1 atom stereocenters. The van der Waals surface area contributed by atoms with E-state index in [1.54, 1.807) is 12.1 Å². The summed E-state index contributed by atoms with van der Waals surface area (Å²) < 4.78 is 27.2. The molecule has 0 bridgehead atoms. The second-order valence-electron chi connectivity index (χ2n) is 7.40. The number of benzene rings is 2. The van der Waals surface area contributed by atoms with Crippen molar-refractivity contribution in [3.8, 4) is 0 Å². The SMILES string of the molecule is O=C(c1ccc(S(=O)(=O)NC2CC2)cc1)N1CCCC1Cc1ccccc1. The van der Waals surface area contributed by atoms with Gasteiger partial charge in [0.25, 0.3) is 5.91 Å². The molecule has 1 N–H and O–H groups in total. The monoisotopic (exact) mass is 384 g/mol. The first kappa shape index (κ1) is 18.2. The van der Waals surface area contributed by atoms with Gasteiger partial charge in [-0.25, -0.2) is 13.1 Å². The number of hydrogen-bond acceptors (Lipinski definition) is 3. The Labute approximate surface area is 160 Å². The minimum Gasteiger partial charge on any atom is -0.335 e. The minimum absolute atomic E-state index is 0.0208. The van der Waals surface area contributed by atoms with E-state index in [4.69, 9.17) is 0 Å². The quantitative estimate of drug-likeness (QED) is 0.833. The first-order valence-electron chi connectivity index (χ1n) is 9.50. The highest BCUT2D eigenvalue weighted by molar-refractivity contribution is 7.89. The number of likely N-dealkylation sites (tertiary alicyclic amines) is 1. The van der Waals surface area contributed by atoms with E-state index in [1.807, 2.05) is 23.1 Å². The summed E-state index contributed by atoms with van der Waals surface area (Å²) in [6.07, 6.45) is 4.64. The smallest absolute Gasteiger partial charge is 0.254 e. The molecule has 2 fully saturated rings. The number of carbonyl (C=O) groups is 1. The molecule has 5 nitrogen and oxygen atoms in total. The lowest BCUT2D eigenvalue weighted by Crippen LogP contribution is -2.36. The molecular formula is C21H24N2O3S. The molecule has 0 spiro atoms. The Bertz CT molecular complexity index is 906. The van der Waals surface area contributed by atoms with Crippen LogP contribution in [-0.2, 0) is 16.4 Å². The van der Waals surface area contributed by atoms with Gasteiger partial charge < -0.3 is 4.90 Å². The predicted octanol–water partition coefficient (Wildman–Crippen LogP) is 2.97. The number of nitrogens with zero attached hydrogens (tertiary/aromatic N) is 1. The highest BCUT2D eigenvalue weighted by Crippen LogP contribution is 2.25. The van der Waals surface area contributed by atoms with Crippen LogP contribution in [0.25, 0.3) is 0 Å². The highest BCUT2D eigenvalue weighted by atomic mass is 32.2. The third-order valence-corrected chi connectivity index (χ3v) is 6.80. The normalized spacial score (nSPS) is 20.0. The fraction of sp³-hybridized carbons (Fsp3) is 0.381. The molecule has 0 aromatic heterocycles. The van der Waals surface area contributed by atoms with Crippen molar-refractivity contribution in [2.45, 2.75) is 49.1 Å². The van der Waals surface area contributed by atoms with E-state index in [-0.39, 0.29) is 22.9 Å². The maximum Gasteiger partial charge on any atom is 0.254 e. The van der Waals surface area contributed by atoms with Gasteiger partial charge in [0.1, 0.15) is 0 Å². The zero-order valence-electron chi connectivity index (χ0n) is 15.2. The number of nitrogens with one attached hydrogen (secondary N) is 1. The third kappa shape index (κ3) is 4.22. The summed E-state index contributed by atoms with van der Waals surface area (Å²) in [5, 5.41) is 0. The molecule has 1 saturated heterocycles. The van der Waals surface area contributed by atoms with Gasteiger partial charge in [0.2, 0.25) is 10.0 Å². The Morgan fingerprint density at radius 1 is 1.00 bits per heavy atom. The van der Waals surface area contributed by atoms with Crippen molar-refractivity contribution in [3.63, 3.8) is 0 Å². The van der Waals surface area contributed by atoms with E-state index < -0.39 is 10.0 Å². The molecule has 1 aliphatic heterocycles. The van der Waals surface area contributed by atoms with Crippen molar-refractivity contribution in [2.75, 3.05) is 6.54 Å². The molecule has 2 aromatic rings. The molecule has 4 rings (SSSR count). The highest BCUT2D eigenvalue weighted by Gasteiger charge is 2.30. The van der Waals surface area contributed by atoms with Crippen LogP contribution in [0, 0.1) is 0 Å². The summed E-state index contributed by atoms with van der Waals surface area (Å²) in [6, 6.07) is 16.8. The van der Waals surface area contributed by atoms with Crippen molar-refractivity contribution in [1.82, 2.24) is 9.62 Å². The van der Waals surface area contributed by atoms with Crippen molar-refractivity contribution in [1.29, 1.82) is 0 Å². The van der Waals surface area contributed by atoms with E-state index in [0.717, 1.165) is 38.6 Å². The molecule has 2 aliphatic rings. The van der Waals surface area contributed by atoms with Crippen molar-refractivity contribution in [3.05, 3.63) is 65.7 Å². The average Bonchev–Trinajstić information content (AvgIpc) is 3.36. The van der Waals surface area contributed by atoms with Gasteiger partial charge in [-0.1, -0.05) is 30.3 Å². The fourth-order valence-electron chi connectivity index (χ4n) is 3.63. The van der Waals surface area contributed by atoms with Gasteiger partial charge in [0.05, 0.1) is 4.90 Å². The van der Waals surface area contributed by atoms with Crippen molar-refractivity contribution >= 4 is 15.9 Å².